The van der Waals surface area contributed by atoms with Crippen molar-refractivity contribution in [3.8, 4) is 0 Å². The molecule has 0 fully saturated rings. The van der Waals surface area contributed by atoms with Gasteiger partial charge in [-0.2, -0.15) is 10.2 Å². The fourth-order valence-corrected chi connectivity index (χ4v) is 5.41. The lowest BCUT2D eigenvalue weighted by molar-refractivity contribution is 0.552. The molecular weight excluding hydrogens is 516 g/mol. The van der Waals surface area contributed by atoms with Crippen LogP contribution in [0.2, 0.25) is 0 Å². The van der Waals surface area contributed by atoms with Crippen molar-refractivity contribution in [1.82, 2.24) is 10.2 Å². The summed E-state index contributed by atoms with van der Waals surface area (Å²) in [6.45, 7) is 4.56. The second kappa shape index (κ2) is 26.2. The van der Waals surface area contributed by atoms with Gasteiger partial charge in [0, 0.05) is 23.2 Å². The van der Waals surface area contributed by atoms with Crippen LogP contribution in [0, 0.1) is 0 Å². The van der Waals surface area contributed by atoms with E-state index in [1.807, 2.05) is 36.7 Å². The molecule has 1 heterocycles. The van der Waals surface area contributed by atoms with Crippen LogP contribution < -0.4 is 10.9 Å². The van der Waals surface area contributed by atoms with E-state index in [1.165, 1.54) is 141 Å². The van der Waals surface area contributed by atoms with Crippen LogP contribution in [0.1, 0.15) is 168 Å². The van der Waals surface area contributed by atoms with Gasteiger partial charge in [0.2, 0.25) is 0 Å². The molecule has 2 rings (SSSR count). The molecule has 0 spiro atoms. The predicted octanol–water partition coefficient (Wildman–Crippen LogP) is 11.8. The van der Waals surface area contributed by atoms with Crippen LogP contribution in [0.25, 0.3) is 10.8 Å². The van der Waals surface area contributed by atoms with E-state index >= 15 is 0 Å². The summed E-state index contributed by atoms with van der Waals surface area (Å²) in [5, 5.41) is 19.6. The smallest absolute Gasteiger partial charge is 0.176 e. The second-order valence-corrected chi connectivity index (χ2v) is 11.9. The maximum absolute atomic E-state index is 4.42. The van der Waals surface area contributed by atoms with E-state index in [0.29, 0.717) is 11.6 Å². The van der Waals surface area contributed by atoms with Crippen molar-refractivity contribution >= 4 is 34.8 Å². The molecule has 6 nitrogen and oxygen atoms in total. The number of benzene rings is 1. The Morgan fingerprint density at radius 1 is 0.476 bits per heavy atom. The number of rotatable bonds is 28. The van der Waals surface area contributed by atoms with Crippen molar-refractivity contribution in [2.75, 3.05) is 10.9 Å². The van der Waals surface area contributed by atoms with E-state index in [0.717, 1.165) is 23.6 Å². The minimum absolute atomic E-state index is 0.677. The number of fused-ring (bicyclic) bond motifs is 1. The Balaban J connectivity index is 1.57. The summed E-state index contributed by atoms with van der Waals surface area (Å²) < 4.78 is 0. The lowest BCUT2D eigenvalue weighted by atomic mass is 10.1. The molecule has 0 unspecified atom stereocenters. The Morgan fingerprint density at radius 3 is 1.12 bits per heavy atom. The molecule has 0 radical (unpaired) electrons. The maximum atomic E-state index is 4.42. The Morgan fingerprint density at radius 2 is 0.786 bits per heavy atom. The van der Waals surface area contributed by atoms with Crippen LogP contribution in [0.3, 0.4) is 0 Å². The van der Waals surface area contributed by atoms with Crippen molar-refractivity contribution in [3.05, 3.63) is 24.3 Å². The van der Waals surface area contributed by atoms with Crippen LogP contribution in [-0.2, 0) is 0 Å². The van der Waals surface area contributed by atoms with Gasteiger partial charge >= 0.3 is 0 Å². The van der Waals surface area contributed by atoms with Crippen molar-refractivity contribution in [1.29, 1.82) is 0 Å². The zero-order valence-electron chi connectivity index (χ0n) is 27.2. The third kappa shape index (κ3) is 17.5. The molecule has 0 atom stereocenters. The number of nitrogens with one attached hydrogen (secondary N) is 2. The van der Waals surface area contributed by atoms with Gasteiger partial charge in [-0.3, -0.25) is 10.9 Å². The van der Waals surface area contributed by atoms with Crippen molar-refractivity contribution < 1.29 is 0 Å². The Hall–Kier alpha value is -2.50. The van der Waals surface area contributed by atoms with Gasteiger partial charge in [0.15, 0.2) is 11.6 Å². The van der Waals surface area contributed by atoms with E-state index in [9.17, 15) is 0 Å². The first-order valence-electron chi connectivity index (χ1n) is 17.7. The van der Waals surface area contributed by atoms with E-state index in [2.05, 4.69) is 45.1 Å². The molecule has 0 bridgehead atoms. The molecule has 2 N–H and O–H groups in total. The van der Waals surface area contributed by atoms with Crippen LogP contribution in [0.4, 0.5) is 11.6 Å². The molecule has 1 aromatic carbocycles. The highest BCUT2D eigenvalue weighted by Gasteiger charge is 2.07. The average molecular weight is 579 g/mol. The summed E-state index contributed by atoms with van der Waals surface area (Å²) in [6.07, 6.45) is 35.8. The van der Waals surface area contributed by atoms with Crippen molar-refractivity contribution in [3.63, 3.8) is 0 Å². The SMILES string of the molecule is CCCCCCCCCCCCCC=NNc1nnc(NN=CCCCCCCCCCCCCC)c2ccccc12. The molecule has 0 aliphatic carbocycles. The number of hydrazone groups is 2. The number of unbranched alkanes of at least 4 members (excludes halogenated alkanes) is 22. The standard InChI is InChI=1S/C36H62N6/c1-3-5-7-9-11-13-15-17-19-21-23-27-31-37-39-35-33-29-25-26-30-34(33)36(42-41-35)40-38-32-28-24-22-20-18-16-14-12-10-8-6-4-2/h25-26,29-32H,3-24,27-28H2,1-2H3,(H,39,41)(H,40,42). The first-order valence-corrected chi connectivity index (χ1v) is 17.7. The Labute approximate surface area is 258 Å². The number of nitrogens with zero attached hydrogens (tertiary/aromatic N) is 4. The summed E-state index contributed by atoms with van der Waals surface area (Å²) in [5.74, 6) is 1.35. The largest absolute Gasteiger partial charge is 0.260 e. The fourth-order valence-electron chi connectivity index (χ4n) is 5.41. The summed E-state index contributed by atoms with van der Waals surface area (Å²) >= 11 is 0. The molecule has 0 saturated carbocycles. The van der Waals surface area contributed by atoms with Crippen molar-refractivity contribution in [2.24, 2.45) is 10.2 Å². The minimum Gasteiger partial charge on any atom is -0.260 e. The predicted molar refractivity (Wildman–Crippen MR) is 186 cm³/mol. The van der Waals surface area contributed by atoms with Crippen LogP contribution in [0.15, 0.2) is 34.5 Å². The lowest BCUT2D eigenvalue weighted by Crippen LogP contribution is -2.01. The van der Waals surface area contributed by atoms with Gasteiger partial charge < -0.3 is 0 Å². The molecule has 6 heteroatoms. The molecule has 0 amide bonds. The van der Waals surface area contributed by atoms with E-state index in [-0.39, 0.29) is 0 Å². The first kappa shape index (κ1) is 35.7. The number of anilines is 2. The van der Waals surface area contributed by atoms with Crippen LogP contribution >= 0.6 is 0 Å². The van der Waals surface area contributed by atoms with E-state index in [1.54, 1.807) is 0 Å². The molecule has 236 valence electrons. The Kier molecular flexibility index (Phi) is 22.2. The third-order valence-corrected chi connectivity index (χ3v) is 8.08. The van der Waals surface area contributed by atoms with Crippen LogP contribution in [-0.4, -0.2) is 22.6 Å². The minimum atomic E-state index is 0.677. The Bertz CT molecular complexity index is 881. The normalized spacial score (nSPS) is 11.8. The maximum Gasteiger partial charge on any atom is 0.176 e. The molecule has 0 aliphatic heterocycles. The van der Waals surface area contributed by atoms with Crippen LogP contribution in [0.5, 0.6) is 0 Å². The zero-order chi connectivity index (χ0) is 29.8. The molecule has 1 aromatic heterocycles. The summed E-state index contributed by atoms with van der Waals surface area (Å²) in [4.78, 5) is 0. The molecule has 0 aliphatic rings. The summed E-state index contributed by atoms with van der Waals surface area (Å²) in [7, 11) is 0. The second-order valence-electron chi connectivity index (χ2n) is 11.9. The van der Waals surface area contributed by atoms with Gasteiger partial charge in [-0.1, -0.05) is 167 Å². The van der Waals surface area contributed by atoms with E-state index < -0.39 is 0 Å². The topological polar surface area (TPSA) is 74.6 Å². The third-order valence-electron chi connectivity index (χ3n) is 8.08. The highest BCUT2D eigenvalue weighted by molar-refractivity contribution is 5.98. The monoisotopic (exact) mass is 579 g/mol. The number of hydrogen-bond donors (Lipinski definition) is 2. The van der Waals surface area contributed by atoms with E-state index in [4.69, 9.17) is 0 Å². The molecule has 42 heavy (non-hydrogen) atoms. The van der Waals surface area contributed by atoms with Gasteiger partial charge in [-0.25, -0.2) is 0 Å². The van der Waals surface area contributed by atoms with Gasteiger partial charge in [0.05, 0.1) is 0 Å². The van der Waals surface area contributed by atoms with Gasteiger partial charge in [0.1, 0.15) is 0 Å². The molecule has 2 aromatic rings. The quantitative estimate of drug-likeness (QED) is 0.0598. The summed E-state index contributed by atoms with van der Waals surface area (Å²) in [5.41, 5.74) is 6.21. The summed E-state index contributed by atoms with van der Waals surface area (Å²) in [6, 6.07) is 8.13. The highest BCUT2D eigenvalue weighted by Crippen LogP contribution is 2.26. The van der Waals surface area contributed by atoms with Crippen molar-refractivity contribution in [2.45, 2.75) is 168 Å². The molecular formula is C36H62N6. The van der Waals surface area contributed by atoms with Gasteiger partial charge in [-0.05, 0) is 25.7 Å². The lowest BCUT2D eigenvalue weighted by Gasteiger charge is -2.08. The van der Waals surface area contributed by atoms with Gasteiger partial charge in [0.25, 0.3) is 0 Å². The first-order chi connectivity index (χ1) is 20.9. The number of hydrogen-bond acceptors (Lipinski definition) is 6. The molecule has 0 saturated heterocycles. The highest BCUT2D eigenvalue weighted by atomic mass is 15.4. The average Bonchev–Trinajstić information content (AvgIpc) is 3.02. The van der Waals surface area contributed by atoms with Gasteiger partial charge in [-0.15, -0.1) is 10.2 Å². The number of aromatic nitrogens is 2. The zero-order valence-corrected chi connectivity index (χ0v) is 27.2. The fraction of sp³-hybridized carbons (Fsp3) is 0.722.